The van der Waals surface area contributed by atoms with E-state index in [1.807, 2.05) is 0 Å². The number of carbonyl (C=O) groups is 1. The largest absolute Gasteiger partial charge is 0.496 e. The lowest BCUT2D eigenvalue weighted by Crippen LogP contribution is -2.26. The summed E-state index contributed by atoms with van der Waals surface area (Å²) in [4.78, 5) is 12.0. The lowest BCUT2D eigenvalue weighted by Gasteiger charge is -2.15. The van der Waals surface area contributed by atoms with Crippen LogP contribution in [0.2, 0.25) is 0 Å². The number of carbonyl (C=O) groups excluding carboxylic acids is 1. The minimum Gasteiger partial charge on any atom is -0.496 e. The van der Waals surface area contributed by atoms with Crippen LogP contribution in [-0.4, -0.2) is 46.5 Å². The molecule has 124 valence electrons. The van der Waals surface area contributed by atoms with Crippen LogP contribution in [0.4, 0.5) is 0 Å². The predicted octanol–water partition coefficient (Wildman–Crippen LogP) is 2.28. The number of ether oxygens (including phenoxy) is 2. The highest BCUT2D eigenvalue weighted by Gasteiger charge is 2.20. The summed E-state index contributed by atoms with van der Waals surface area (Å²) in [5.41, 5.74) is 0.251. The normalized spacial score (nSPS) is 11.7. The maximum atomic E-state index is 12.4. The fourth-order valence-electron chi connectivity index (χ4n) is 2.20. The summed E-state index contributed by atoms with van der Waals surface area (Å²) >= 11 is 0. The number of hydrogen-bond donors (Lipinski definition) is 0. The highest BCUT2D eigenvalue weighted by molar-refractivity contribution is 7.89. The molecule has 0 saturated carbocycles. The molecule has 0 unspecified atom stereocenters. The van der Waals surface area contributed by atoms with E-state index in [4.69, 9.17) is 9.47 Å². The van der Waals surface area contributed by atoms with E-state index < -0.39 is 16.0 Å². The van der Waals surface area contributed by atoms with Crippen LogP contribution in [0.25, 0.3) is 10.8 Å². The number of hydrogen-bond acceptors (Lipinski definition) is 5. The van der Waals surface area contributed by atoms with E-state index in [1.54, 1.807) is 37.3 Å². The summed E-state index contributed by atoms with van der Waals surface area (Å²) in [6, 6.07) is 8.03. The van der Waals surface area contributed by atoms with Crippen molar-refractivity contribution in [2.45, 2.75) is 11.8 Å². The number of sulfonamides is 1. The average Bonchev–Trinajstić information content (AvgIpc) is 2.58. The van der Waals surface area contributed by atoms with Crippen molar-refractivity contribution < 1.29 is 22.7 Å². The first-order valence-electron chi connectivity index (χ1n) is 7.01. The first-order chi connectivity index (χ1) is 10.8. The van der Waals surface area contributed by atoms with Crippen LogP contribution < -0.4 is 4.74 Å². The van der Waals surface area contributed by atoms with Gasteiger partial charge >= 0.3 is 5.97 Å². The Morgan fingerprint density at radius 1 is 1.13 bits per heavy atom. The molecule has 2 aromatic rings. The molecule has 0 aliphatic carbocycles. The van der Waals surface area contributed by atoms with E-state index in [0.29, 0.717) is 17.7 Å². The van der Waals surface area contributed by atoms with E-state index in [1.165, 1.54) is 25.6 Å². The first kappa shape index (κ1) is 17.2. The molecule has 0 bridgehead atoms. The molecule has 23 heavy (non-hydrogen) atoms. The van der Waals surface area contributed by atoms with Gasteiger partial charge in [0.15, 0.2) is 0 Å². The van der Waals surface area contributed by atoms with Crippen molar-refractivity contribution >= 4 is 26.8 Å². The smallest absolute Gasteiger partial charge is 0.341 e. The van der Waals surface area contributed by atoms with Crippen LogP contribution in [-0.2, 0) is 14.8 Å². The molecule has 0 aliphatic rings. The topological polar surface area (TPSA) is 72.9 Å². The molecular weight excluding hydrogens is 318 g/mol. The molecule has 7 heteroatoms. The fraction of sp³-hybridized carbons (Fsp3) is 0.312. The van der Waals surface area contributed by atoms with Crippen LogP contribution in [0, 0.1) is 0 Å². The molecule has 0 saturated heterocycles. The average molecular weight is 337 g/mol. The predicted molar refractivity (Wildman–Crippen MR) is 87.3 cm³/mol. The van der Waals surface area contributed by atoms with Crippen molar-refractivity contribution in [1.82, 2.24) is 4.31 Å². The molecular formula is C16H19NO5S. The number of nitrogens with zero attached hydrogens (tertiary/aromatic N) is 1. The quantitative estimate of drug-likeness (QED) is 0.783. The molecule has 2 rings (SSSR count). The summed E-state index contributed by atoms with van der Waals surface area (Å²) < 4.78 is 36.0. The summed E-state index contributed by atoms with van der Waals surface area (Å²) in [6.45, 7) is 2.13. The summed E-state index contributed by atoms with van der Waals surface area (Å²) in [5.74, 6) is -0.159. The van der Waals surface area contributed by atoms with Gasteiger partial charge in [0.2, 0.25) is 10.0 Å². The molecule has 0 aromatic heterocycles. The number of rotatable bonds is 5. The Morgan fingerprint density at radius 2 is 1.83 bits per heavy atom. The third-order valence-corrected chi connectivity index (χ3v) is 5.62. The maximum Gasteiger partial charge on any atom is 0.341 e. The zero-order valence-electron chi connectivity index (χ0n) is 13.5. The lowest BCUT2D eigenvalue weighted by atomic mass is 10.1. The summed E-state index contributed by atoms with van der Waals surface area (Å²) in [7, 11) is 0.714. The highest BCUT2D eigenvalue weighted by atomic mass is 32.2. The molecule has 0 aliphatic heterocycles. The van der Waals surface area contributed by atoms with Crippen LogP contribution in [0.1, 0.15) is 17.3 Å². The van der Waals surface area contributed by atoms with Gasteiger partial charge in [-0.2, -0.15) is 0 Å². The monoisotopic (exact) mass is 337 g/mol. The van der Waals surface area contributed by atoms with E-state index in [-0.39, 0.29) is 10.5 Å². The molecule has 0 radical (unpaired) electrons. The molecule has 0 spiro atoms. The Hall–Kier alpha value is -2.12. The Kier molecular flexibility index (Phi) is 4.91. The second-order valence-corrected chi connectivity index (χ2v) is 7.02. The van der Waals surface area contributed by atoms with Crippen molar-refractivity contribution in [2.24, 2.45) is 0 Å². The minimum atomic E-state index is -3.55. The molecule has 2 aromatic carbocycles. The van der Waals surface area contributed by atoms with Crippen LogP contribution in [0.5, 0.6) is 5.75 Å². The third kappa shape index (κ3) is 3.16. The van der Waals surface area contributed by atoms with E-state index in [9.17, 15) is 13.2 Å². The van der Waals surface area contributed by atoms with Gasteiger partial charge in [0.1, 0.15) is 11.3 Å². The van der Waals surface area contributed by atoms with E-state index >= 15 is 0 Å². The Morgan fingerprint density at radius 3 is 2.39 bits per heavy atom. The number of esters is 1. The number of fused-ring (bicyclic) bond motifs is 1. The SMILES string of the molecule is CCN(C)S(=O)(=O)c1ccc2cc(OC)c(C(=O)OC)cc2c1. The number of benzene rings is 2. The standard InChI is InChI=1S/C16H19NO5S/c1-5-17(2)23(19,20)13-7-6-11-10-15(21-3)14(16(18)22-4)9-12(11)8-13/h6-10H,5H2,1-4H3. The minimum absolute atomic E-state index is 0.176. The van der Waals surface area contributed by atoms with Crippen molar-refractivity contribution in [3.05, 3.63) is 35.9 Å². The van der Waals surface area contributed by atoms with Gasteiger partial charge in [-0.3, -0.25) is 0 Å². The zero-order chi connectivity index (χ0) is 17.2. The van der Waals surface area contributed by atoms with Gasteiger partial charge in [-0.25, -0.2) is 17.5 Å². The number of methoxy groups -OCH3 is 2. The Bertz CT molecular complexity index is 845. The van der Waals surface area contributed by atoms with Crippen LogP contribution >= 0.6 is 0 Å². The lowest BCUT2D eigenvalue weighted by molar-refractivity contribution is 0.0597. The third-order valence-electron chi connectivity index (χ3n) is 3.69. The highest BCUT2D eigenvalue weighted by Crippen LogP contribution is 2.29. The van der Waals surface area contributed by atoms with E-state index in [2.05, 4.69) is 0 Å². The van der Waals surface area contributed by atoms with Crippen molar-refractivity contribution in [2.75, 3.05) is 27.8 Å². The van der Waals surface area contributed by atoms with Gasteiger partial charge < -0.3 is 9.47 Å². The molecule has 0 heterocycles. The van der Waals surface area contributed by atoms with Crippen molar-refractivity contribution in [1.29, 1.82) is 0 Å². The van der Waals surface area contributed by atoms with Crippen LogP contribution in [0.15, 0.2) is 35.2 Å². The van der Waals surface area contributed by atoms with Gasteiger partial charge in [-0.1, -0.05) is 13.0 Å². The van der Waals surface area contributed by atoms with Gasteiger partial charge in [0.25, 0.3) is 0 Å². The molecule has 0 amide bonds. The van der Waals surface area contributed by atoms with Gasteiger partial charge in [0.05, 0.1) is 19.1 Å². The maximum absolute atomic E-state index is 12.4. The second-order valence-electron chi connectivity index (χ2n) is 4.97. The van der Waals surface area contributed by atoms with Crippen LogP contribution in [0.3, 0.4) is 0 Å². The van der Waals surface area contributed by atoms with Crippen molar-refractivity contribution in [3.8, 4) is 5.75 Å². The molecule has 6 nitrogen and oxygen atoms in total. The fourth-order valence-corrected chi connectivity index (χ4v) is 3.42. The van der Waals surface area contributed by atoms with Gasteiger partial charge in [0, 0.05) is 13.6 Å². The molecule has 0 N–H and O–H groups in total. The zero-order valence-corrected chi connectivity index (χ0v) is 14.3. The van der Waals surface area contributed by atoms with Gasteiger partial charge in [-0.15, -0.1) is 0 Å². The molecule has 0 atom stereocenters. The summed E-state index contributed by atoms with van der Waals surface area (Å²) in [5, 5.41) is 1.39. The van der Waals surface area contributed by atoms with Crippen molar-refractivity contribution in [3.63, 3.8) is 0 Å². The first-order valence-corrected chi connectivity index (χ1v) is 8.45. The Labute approximate surface area is 135 Å². The summed E-state index contributed by atoms with van der Waals surface area (Å²) in [6.07, 6.45) is 0. The Balaban J connectivity index is 2.66. The second kappa shape index (κ2) is 6.55. The molecule has 0 fully saturated rings. The van der Waals surface area contributed by atoms with Gasteiger partial charge in [-0.05, 0) is 35.0 Å². The van der Waals surface area contributed by atoms with E-state index in [0.717, 1.165) is 5.39 Å².